The van der Waals surface area contributed by atoms with Gasteiger partial charge in [-0.1, -0.05) is 41.9 Å². The molecule has 2 N–H and O–H groups in total. The van der Waals surface area contributed by atoms with Crippen molar-refractivity contribution in [2.75, 3.05) is 0 Å². The highest BCUT2D eigenvalue weighted by Gasteiger charge is 2.32. The quantitative estimate of drug-likeness (QED) is 0.747. The Bertz CT molecular complexity index is 840. The van der Waals surface area contributed by atoms with E-state index < -0.39 is 5.54 Å². The third-order valence-corrected chi connectivity index (χ3v) is 4.19. The van der Waals surface area contributed by atoms with Crippen molar-refractivity contribution in [1.29, 1.82) is 0 Å². The lowest BCUT2D eigenvalue weighted by Crippen LogP contribution is -2.43. The SMILES string of the molecule is CC(=O)N[C@@](C)(c1cccc(Cl)c1)c1c[nH]c2ccccc12. The van der Waals surface area contributed by atoms with Crippen LogP contribution < -0.4 is 5.32 Å². The molecule has 3 aromatic rings. The highest BCUT2D eigenvalue weighted by atomic mass is 35.5. The number of hydrogen-bond acceptors (Lipinski definition) is 1. The molecule has 1 heterocycles. The monoisotopic (exact) mass is 312 g/mol. The van der Waals surface area contributed by atoms with Crippen LogP contribution in [-0.2, 0) is 10.3 Å². The molecule has 0 saturated heterocycles. The van der Waals surface area contributed by atoms with Gasteiger partial charge in [0.15, 0.2) is 0 Å². The highest BCUT2D eigenvalue weighted by molar-refractivity contribution is 6.30. The van der Waals surface area contributed by atoms with Crippen molar-refractivity contribution in [1.82, 2.24) is 10.3 Å². The molecule has 2 aromatic carbocycles. The van der Waals surface area contributed by atoms with Crippen LogP contribution in [0.3, 0.4) is 0 Å². The Kier molecular flexibility index (Phi) is 3.67. The molecule has 0 bridgehead atoms. The predicted octanol–water partition coefficient (Wildman–Crippen LogP) is 4.22. The van der Waals surface area contributed by atoms with Gasteiger partial charge in [-0.3, -0.25) is 4.79 Å². The summed E-state index contributed by atoms with van der Waals surface area (Å²) in [4.78, 5) is 15.1. The van der Waals surface area contributed by atoms with Crippen molar-refractivity contribution in [3.63, 3.8) is 0 Å². The highest BCUT2D eigenvalue weighted by Crippen LogP contribution is 2.35. The van der Waals surface area contributed by atoms with Gasteiger partial charge >= 0.3 is 0 Å². The number of aromatic amines is 1. The fourth-order valence-electron chi connectivity index (χ4n) is 2.93. The molecule has 112 valence electrons. The topological polar surface area (TPSA) is 44.9 Å². The van der Waals surface area contributed by atoms with E-state index in [1.807, 2.05) is 61.7 Å². The molecule has 1 amide bonds. The van der Waals surface area contributed by atoms with Crippen molar-refractivity contribution in [2.24, 2.45) is 0 Å². The van der Waals surface area contributed by atoms with Gasteiger partial charge in [0.1, 0.15) is 0 Å². The molecule has 3 rings (SSSR count). The Morgan fingerprint density at radius 3 is 2.68 bits per heavy atom. The van der Waals surface area contributed by atoms with E-state index in [2.05, 4.69) is 10.3 Å². The fraction of sp³-hybridized carbons (Fsp3) is 0.167. The molecule has 0 saturated carbocycles. The number of fused-ring (bicyclic) bond motifs is 1. The number of halogens is 1. The largest absolute Gasteiger partial charge is 0.361 e. The molecule has 1 aromatic heterocycles. The van der Waals surface area contributed by atoms with E-state index >= 15 is 0 Å². The van der Waals surface area contributed by atoms with E-state index in [0.29, 0.717) is 5.02 Å². The van der Waals surface area contributed by atoms with Gasteiger partial charge in [0.25, 0.3) is 0 Å². The molecule has 22 heavy (non-hydrogen) atoms. The molecule has 0 aliphatic rings. The molecule has 0 spiro atoms. The van der Waals surface area contributed by atoms with Gasteiger partial charge in [0.2, 0.25) is 5.91 Å². The molecule has 3 nitrogen and oxygen atoms in total. The van der Waals surface area contributed by atoms with E-state index in [-0.39, 0.29) is 5.91 Å². The van der Waals surface area contributed by atoms with Crippen LogP contribution in [0.2, 0.25) is 5.02 Å². The standard InChI is InChI=1S/C18H17ClN2O/c1-12(22)21-18(2,13-6-5-7-14(19)10-13)16-11-20-17-9-4-3-8-15(16)17/h3-11,20H,1-2H3,(H,21,22)/t18-/m0/s1. The van der Waals surface area contributed by atoms with Gasteiger partial charge in [-0.2, -0.15) is 0 Å². The summed E-state index contributed by atoms with van der Waals surface area (Å²) >= 11 is 6.15. The number of amides is 1. The maximum Gasteiger partial charge on any atom is 0.217 e. The average molecular weight is 313 g/mol. The Labute approximate surface area is 134 Å². The Morgan fingerprint density at radius 2 is 1.95 bits per heavy atom. The maximum atomic E-state index is 11.8. The molecule has 1 atom stereocenters. The van der Waals surface area contributed by atoms with E-state index in [0.717, 1.165) is 22.0 Å². The minimum atomic E-state index is -0.656. The van der Waals surface area contributed by atoms with Crippen LogP contribution in [0.5, 0.6) is 0 Å². The summed E-state index contributed by atoms with van der Waals surface area (Å²) in [5.74, 6) is -0.0900. The van der Waals surface area contributed by atoms with Crippen LogP contribution >= 0.6 is 11.6 Å². The fourth-order valence-corrected chi connectivity index (χ4v) is 3.12. The summed E-state index contributed by atoms with van der Waals surface area (Å²) in [5, 5.41) is 4.81. The third-order valence-electron chi connectivity index (χ3n) is 3.96. The first kappa shape index (κ1) is 14.7. The molecular weight excluding hydrogens is 296 g/mol. The lowest BCUT2D eigenvalue weighted by atomic mass is 9.84. The van der Waals surface area contributed by atoms with Crippen LogP contribution in [0, 0.1) is 0 Å². The zero-order valence-electron chi connectivity index (χ0n) is 12.5. The number of nitrogens with one attached hydrogen (secondary N) is 2. The van der Waals surface area contributed by atoms with Crippen molar-refractivity contribution in [2.45, 2.75) is 19.4 Å². The van der Waals surface area contributed by atoms with Crippen molar-refractivity contribution in [3.05, 3.63) is 70.9 Å². The number of hydrogen-bond donors (Lipinski definition) is 2. The Hall–Kier alpha value is -2.26. The number of rotatable bonds is 3. The van der Waals surface area contributed by atoms with Crippen molar-refractivity contribution < 1.29 is 4.79 Å². The molecule has 0 radical (unpaired) electrons. The van der Waals surface area contributed by atoms with Crippen LogP contribution in [0.1, 0.15) is 25.0 Å². The van der Waals surface area contributed by atoms with E-state index in [1.54, 1.807) is 0 Å². The van der Waals surface area contributed by atoms with Gasteiger partial charge in [-0.15, -0.1) is 0 Å². The van der Waals surface area contributed by atoms with Crippen molar-refractivity contribution >= 4 is 28.4 Å². The Balaban J connectivity index is 2.24. The first-order valence-corrected chi connectivity index (χ1v) is 7.50. The summed E-state index contributed by atoms with van der Waals surface area (Å²) in [7, 11) is 0. The first-order valence-electron chi connectivity index (χ1n) is 7.12. The zero-order chi connectivity index (χ0) is 15.7. The molecule has 0 fully saturated rings. The van der Waals surface area contributed by atoms with Crippen LogP contribution in [0.25, 0.3) is 10.9 Å². The zero-order valence-corrected chi connectivity index (χ0v) is 13.2. The first-order chi connectivity index (χ1) is 10.5. The Morgan fingerprint density at radius 1 is 1.18 bits per heavy atom. The third kappa shape index (κ3) is 2.48. The second-order valence-electron chi connectivity index (χ2n) is 5.56. The number of para-hydroxylation sites is 1. The lowest BCUT2D eigenvalue weighted by molar-refractivity contribution is -0.120. The van der Waals surface area contributed by atoms with Crippen molar-refractivity contribution in [3.8, 4) is 0 Å². The predicted molar refractivity (Wildman–Crippen MR) is 90.0 cm³/mol. The normalized spacial score (nSPS) is 13.8. The molecular formula is C18H17ClN2O. The van der Waals surface area contributed by atoms with Gasteiger partial charge in [-0.05, 0) is 30.7 Å². The molecule has 0 aliphatic heterocycles. The summed E-state index contributed by atoms with van der Waals surface area (Å²) in [6.07, 6.45) is 1.95. The number of aromatic nitrogens is 1. The minimum absolute atomic E-state index is 0.0900. The summed E-state index contributed by atoms with van der Waals surface area (Å²) in [6, 6.07) is 15.6. The van der Waals surface area contributed by atoms with E-state index in [4.69, 9.17) is 11.6 Å². The maximum absolute atomic E-state index is 11.8. The average Bonchev–Trinajstić information content (AvgIpc) is 2.91. The second-order valence-corrected chi connectivity index (χ2v) is 6.00. The molecule has 0 unspecified atom stereocenters. The smallest absolute Gasteiger partial charge is 0.217 e. The van der Waals surface area contributed by atoms with Gasteiger partial charge < -0.3 is 10.3 Å². The molecule has 4 heteroatoms. The number of H-pyrrole nitrogens is 1. The van der Waals surface area contributed by atoms with E-state index in [9.17, 15) is 4.79 Å². The lowest BCUT2D eigenvalue weighted by Gasteiger charge is -2.31. The second kappa shape index (κ2) is 5.50. The number of carbonyl (C=O) groups excluding carboxylic acids is 1. The minimum Gasteiger partial charge on any atom is -0.361 e. The van der Waals surface area contributed by atoms with Gasteiger partial charge in [0, 0.05) is 34.6 Å². The van der Waals surface area contributed by atoms with Gasteiger partial charge in [0.05, 0.1) is 5.54 Å². The van der Waals surface area contributed by atoms with Crippen LogP contribution in [0.15, 0.2) is 54.7 Å². The molecule has 0 aliphatic carbocycles. The van der Waals surface area contributed by atoms with Gasteiger partial charge in [-0.25, -0.2) is 0 Å². The summed E-state index contributed by atoms with van der Waals surface area (Å²) in [6.45, 7) is 3.52. The number of carbonyl (C=O) groups is 1. The van der Waals surface area contributed by atoms with E-state index in [1.165, 1.54) is 6.92 Å². The van der Waals surface area contributed by atoms with Crippen LogP contribution in [0.4, 0.5) is 0 Å². The summed E-state index contributed by atoms with van der Waals surface area (Å²) in [5.41, 5.74) is 2.34. The summed E-state index contributed by atoms with van der Waals surface area (Å²) < 4.78 is 0. The van der Waals surface area contributed by atoms with Crippen LogP contribution in [-0.4, -0.2) is 10.9 Å². The number of benzene rings is 2.